The van der Waals surface area contributed by atoms with Crippen LogP contribution in [0.4, 0.5) is 4.39 Å². The Morgan fingerprint density at radius 3 is 2.30 bits per heavy atom. The van der Waals surface area contributed by atoms with Crippen molar-refractivity contribution < 1.29 is 34.4 Å². The van der Waals surface area contributed by atoms with Gasteiger partial charge in [0.25, 0.3) is 0 Å². The fourth-order valence-electron chi connectivity index (χ4n) is 5.44. The number of aliphatic hydroxyl groups is 1. The molecule has 6 heteroatoms. The summed E-state index contributed by atoms with van der Waals surface area (Å²) in [4.78, 5) is 19.6. The van der Waals surface area contributed by atoms with E-state index in [-0.39, 0.29) is 42.9 Å². The van der Waals surface area contributed by atoms with Gasteiger partial charge in [0.05, 0.1) is 11.3 Å². The molecule has 6 aromatic rings. The van der Waals surface area contributed by atoms with Gasteiger partial charge >= 0.3 is 0 Å². The number of fused-ring (bicyclic) bond motifs is 4. The van der Waals surface area contributed by atoms with Crippen LogP contribution >= 0.6 is 0 Å². The van der Waals surface area contributed by atoms with Gasteiger partial charge in [0.15, 0.2) is 5.78 Å². The number of allylic oxidation sites excluding steroid dienone is 2. The summed E-state index contributed by atoms with van der Waals surface area (Å²) in [6.07, 6.45) is 4.95. The number of nitrogens with zero attached hydrogens (tertiary/aromatic N) is 2. The summed E-state index contributed by atoms with van der Waals surface area (Å²) in [6.45, 7) is 11.5. The zero-order valence-electron chi connectivity index (χ0n) is 25.6. The Kier molecular flexibility index (Phi) is 9.78. The smallest absolute Gasteiger partial charge is 0.155 e. The second kappa shape index (κ2) is 13.2. The molecule has 4 aromatic carbocycles. The number of aliphatic hydroxyl groups excluding tert-OH is 1. The number of aromatic nitrogens is 2. The Bertz CT molecular complexity index is 2040. The minimum absolute atomic E-state index is 0. The Morgan fingerprint density at radius 2 is 1.64 bits per heavy atom. The molecule has 4 nitrogen and oxygen atoms in total. The molecule has 0 unspecified atom stereocenters. The summed E-state index contributed by atoms with van der Waals surface area (Å²) in [5, 5.41) is 13.8. The molecular weight excluding hydrogens is 728 g/mol. The van der Waals surface area contributed by atoms with Crippen molar-refractivity contribution in [2.75, 3.05) is 0 Å². The summed E-state index contributed by atoms with van der Waals surface area (Å²) >= 11 is 0. The number of rotatable bonds is 3. The van der Waals surface area contributed by atoms with Gasteiger partial charge in [-0.2, -0.15) is 0 Å². The molecule has 0 saturated heterocycles. The predicted molar refractivity (Wildman–Crippen MR) is 175 cm³/mol. The van der Waals surface area contributed by atoms with Crippen LogP contribution in [0.2, 0.25) is 0 Å². The Labute approximate surface area is 271 Å². The normalized spacial score (nSPS) is 11.7. The first kappa shape index (κ1) is 32.7. The van der Waals surface area contributed by atoms with E-state index >= 15 is 0 Å². The molecule has 0 spiro atoms. The number of carbonyl (C=O) groups excluding carboxylic acids is 1. The van der Waals surface area contributed by atoms with Crippen LogP contribution in [0.5, 0.6) is 0 Å². The van der Waals surface area contributed by atoms with Gasteiger partial charge in [0, 0.05) is 49.7 Å². The number of hydrogen-bond acceptors (Lipinski definition) is 4. The van der Waals surface area contributed by atoms with Crippen molar-refractivity contribution >= 4 is 38.2 Å². The van der Waals surface area contributed by atoms with Crippen LogP contribution in [-0.2, 0) is 30.3 Å². The molecule has 1 N–H and O–H groups in total. The largest absolute Gasteiger partial charge is 0.512 e. The van der Waals surface area contributed by atoms with E-state index in [2.05, 4.69) is 81.4 Å². The zero-order chi connectivity index (χ0) is 30.9. The van der Waals surface area contributed by atoms with Crippen molar-refractivity contribution in [3.8, 4) is 22.4 Å². The number of hydrogen-bond donors (Lipinski definition) is 1. The number of halogens is 1. The third-order valence-electron chi connectivity index (χ3n) is 7.36. The van der Waals surface area contributed by atoms with E-state index in [0.29, 0.717) is 0 Å². The Balaban J connectivity index is 0.000000497. The van der Waals surface area contributed by atoms with Crippen LogP contribution in [-0.4, -0.2) is 20.9 Å². The van der Waals surface area contributed by atoms with Crippen molar-refractivity contribution in [3.05, 3.63) is 120 Å². The van der Waals surface area contributed by atoms with Gasteiger partial charge in [0.1, 0.15) is 5.82 Å². The van der Waals surface area contributed by atoms with Crippen LogP contribution in [0, 0.1) is 18.8 Å². The maximum absolute atomic E-state index is 13.6. The Morgan fingerprint density at radius 1 is 0.886 bits per heavy atom. The molecule has 2 aromatic heterocycles. The van der Waals surface area contributed by atoms with Gasteiger partial charge in [-0.1, -0.05) is 68.1 Å². The molecule has 0 aliphatic heterocycles. The number of carbonyl (C=O) groups is 1. The molecule has 2 heterocycles. The van der Waals surface area contributed by atoms with Crippen LogP contribution in [0.3, 0.4) is 0 Å². The maximum Gasteiger partial charge on any atom is 0.155 e. The van der Waals surface area contributed by atoms with Crippen LogP contribution in [0.15, 0.2) is 97.0 Å². The minimum Gasteiger partial charge on any atom is -0.512 e. The van der Waals surface area contributed by atoms with E-state index in [1.165, 1.54) is 36.9 Å². The van der Waals surface area contributed by atoms with Gasteiger partial charge in [-0.15, -0.1) is 29.1 Å². The number of benzene rings is 4. The molecule has 0 amide bonds. The van der Waals surface area contributed by atoms with Crippen LogP contribution in [0.25, 0.3) is 54.8 Å². The molecule has 0 atom stereocenters. The quantitative estimate of drug-likeness (QED) is 0.0845. The summed E-state index contributed by atoms with van der Waals surface area (Å²) in [5.74, 6) is -0.284. The monoisotopic (exact) mass is 762 g/mol. The fraction of sp³-hybridized carbons (Fsp3) is 0.184. The molecule has 0 bridgehead atoms. The standard InChI is InChI=1S/C33H26FN2.C5H8O2.Ir/c1-20-15-24(34)10-12-25(20)22-9-11-28-27-13-14-35-32(29(27)19-36-31(28)18-22)23-16-21-7-5-6-8-26(21)30(17-23)33(2,3)4;1-4(6)3-5(2)7;/h5-15,17-19H,1-4H3;3,6H,1-2H3;/q-1;;/b;4-3-;. The van der Waals surface area contributed by atoms with Gasteiger partial charge < -0.3 is 5.11 Å². The molecule has 6 rings (SSSR count). The molecule has 1 radical (unpaired) electrons. The summed E-state index contributed by atoms with van der Waals surface area (Å²) in [5.41, 5.74) is 6.96. The zero-order valence-corrected chi connectivity index (χ0v) is 28.0. The molecule has 44 heavy (non-hydrogen) atoms. The number of aryl methyl sites for hydroxylation is 1. The van der Waals surface area contributed by atoms with Crippen molar-refractivity contribution in [1.82, 2.24) is 9.97 Å². The second-order valence-electron chi connectivity index (χ2n) is 11.9. The molecule has 0 aliphatic carbocycles. The van der Waals surface area contributed by atoms with Crippen molar-refractivity contribution in [2.24, 2.45) is 0 Å². The summed E-state index contributed by atoms with van der Waals surface area (Å²) in [7, 11) is 0. The van der Waals surface area contributed by atoms with E-state index in [1.807, 2.05) is 25.4 Å². The SMILES string of the molecule is CC(=O)/C=C(/C)O.Cc1cc(F)ccc1-c1ccc2c(c1)ncc1c(-c3[c-]c4ccccc4c(C(C)(C)C)c3)nccc12.[Ir]. The van der Waals surface area contributed by atoms with Crippen molar-refractivity contribution in [1.29, 1.82) is 0 Å². The van der Waals surface area contributed by atoms with Gasteiger partial charge in [-0.3, -0.25) is 14.8 Å². The number of pyridine rings is 2. The maximum atomic E-state index is 13.6. The Hall–Kier alpha value is -4.25. The summed E-state index contributed by atoms with van der Waals surface area (Å²) < 4.78 is 13.6. The van der Waals surface area contributed by atoms with E-state index in [4.69, 9.17) is 15.1 Å². The number of ketones is 1. The molecule has 0 saturated carbocycles. The van der Waals surface area contributed by atoms with Crippen molar-refractivity contribution in [3.63, 3.8) is 0 Å². The third-order valence-corrected chi connectivity index (χ3v) is 7.36. The molecule has 0 aliphatic rings. The second-order valence-corrected chi connectivity index (χ2v) is 11.9. The summed E-state index contributed by atoms with van der Waals surface area (Å²) in [6, 6.07) is 27.5. The van der Waals surface area contributed by atoms with Gasteiger partial charge in [-0.25, -0.2) is 4.39 Å². The average molecular weight is 762 g/mol. The first-order chi connectivity index (χ1) is 20.4. The first-order valence-corrected chi connectivity index (χ1v) is 14.2. The van der Waals surface area contributed by atoms with Crippen LogP contribution in [0.1, 0.15) is 45.7 Å². The van der Waals surface area contributed by atoms with E-state index in [1.54, 1.807) is 6.07 Å². The van der Waals surface area contributed by atoms with Gasteiger partial charge in [0.2, 0.25) is 0 Å². The first-order valence-electron chi connectivity index (χ1n) is 14.2. The average Bonchev–Trinajstić information content (AvgIpc) is 2.95. The third kappa shape index (κ3) is 6.93. The van der Waals surface area contributed by atoms with E-state index in [0.717, 1.165) is 55.0 Å². The van der Waals surface area contributed by atoms with E-state index in [9.17, 15) is 9.18 Å². The topological polar surface area (TPSA) is 63.1 Å². The van der Waals surface area contributed by atoms with Crippen LogP contribution < -0.4 is 0 Å². The molecule has 0 fully saturated rings. The van der Waals surface area contributed by atoms with Crippen molar-refractivity contribution in [2.45, 2.75) is 47.0 Å². The predicted octanol–water partition coefficient (Wildman–Crippen LogP) is 9.85. The minimum atomic E-state index is -0.221. The van der Waals surface area contributed by atoms with E-state index < -0.39 is 0 Å². The fourth-order valence-corrected chi connectivity index (χ4v) is 5.44. The van der Waals surface area contributed by atoms with Gasteiger partial charge in [-0.05, 0) is 77.9 Å². The molecular formula is C38H34FIrN2O2-. The molecule has 225 valence electrons.